The molecule has 0 aromatic carbocycles. The topological polar surface area (TPSA) is 52.6 Å². The molecule has 0 aliphatic rings. The summed E-state index contributed by atoms with van der Waals surface area (Å²) >= 11 is 0. The molecular weight excluding hydrogens is 357 g/mol. The first kappa shape index (κ1) is 20.1. The molecule has 0 N–H and O–H groups in total. The zero-order valence-corrected chi connectivity index (χ0v) is 10.3. The normalized spacial score (nSPS) is 15.2. The van der Waals surface area contributed by atoms with Crippen LogP contribution >= 0.6 is 7.60 Å². The van der Waals surface area contributed by atoms with Crippen LogP contribution in [0.1, 0.15) is 6.92 Å². The number of rotatable bonds is 5. The van der Waals surface area contributed by atoms with Gasteiger partial charge in [-0.3, -0.25) is 9.36 Å². The Hall–Kier alpha value is -0.880. The molecule has 0 atom stereocenters. The fraction of sp³-hybridized carbons (Fsp3) is 0.833. The molecule has 0 aliphatic carbocycles. The smallest absolute Gasteiger partial charge is 0.286 e. The largest absolute Gasteiger partial charge is 0.483 e. The SMILES string of the molecule is CC(=O)P(=O)(OC(F)(F)C(F)(F)F)OC(F)(F)C(F)(F)F. The fourth-order valence-electron chi connectivity index (χ4n) is 0.553. The summed E-state index contributed by atoms with van der Waals surface area (Å²) in [6, 6.07) is 0. The number of carbonyl (C=O) groups is 1. The lowest BCUT2D eigenvalue weighted by molar-refractivity contribution is -0.381. The monoisotopic (exact) mass is 360 g/mol. The lowest BCUT2D eigenvalue weighted by Gasteiger charge is -2.27. The van der Waals surface area contributed by atoms with Crippen molar-refractivity contribution in [1.29, 1.82) is 0 Å². The Morgan fingerprint density at radius 1 is 0.762 bits per heavy atom. The number of hydrogen-bond acceptors (Lipinski definition) is 4. The average Bonchev–Trinajstić information content (AvgIpc) is 2.10. The van der Waals surface area contributed by atoms with Crippen molar-refractivity contribution in [3.8, 4) is 0 Å². The molecule has 126 valence electrons. The van der Waals surface area contributed by atoms with Gasteiger partial charge in [-0.15, -0.1) is 0 Å². The van der Waals surface area contributed by atoms with E-state index in [1.54, 1.807) is 0 Å². The van der Waals surface area contributed by atoms with Crippen LogP contribution in [0, 0.1) is 0 Å². The van der Waals surface area contributed by atoms with Crippen LogP contribution < -0.4 is 0 Å². The minimum absolute atomic E-state index is 0.139. The summed E-state index contributed by atoms with van der Waals surface area (Å²) in [7, 11) is -6.81. The average molecular weight is 360 g/mol. The highest BCUT2D eigenvalue weighted by molar-refractivity contribution is 7.71. The lowest BCUT2D eigenvalue weighted by atomic mass is 10.6. The van der Waals surface area contributed by atoms with Gasteiger partial charge in [0.25, 0.3) is 0 Å². The second-order valence-electron chi connectivity index (χ2n) is 3.23. The van der Waals surface area contributed by atoms with Gasteiger partial charge in [-0.25, -0.2) is 9.05 Å². The Balaban J connectivity index is 5.61. The molecule has 0 rings (SSSR count). The van der Waals surface area contributed by atoms with Crippen molar-refractivity contribution < 1.29 is 62.3 Å². The Labute approximate surface area is 108 Å². The molecule has 0 saturated heterocycles. The summed E-state index contributed by atoms with van der Waals surface area (Å²) < 4.78 is 136. The zero-order valence-electron chi connectivity index (χ0n) is 9.36. The van der Waals surface area contributed by atoms with E-state index >= 15 is 0 Å². The summed E-state index contributed by atoms with van der Waals surface area (Å²) in [5.41, 5.74) is -2.52. The molecule has 4 nitrogen and oxygen atoms in total. The van der Waals surface area contributed by atoms with Crippen molar-refractivity contribution in [3.63, 3.8) is 0 Å². The summed E-state index contributed by atoms with van der Waals surface area (Å²) in [5.74, 6) is 0. The van der Waals surface area contributed by atoms with Gasteiger partial charge in [0.2, 0.25) is 5.52 Å². The Kier molecular flexibility index (Phi) is 5.17. The van der Waals surface area contributed by atoms with Gasteiger partial charge in [0.15, 0.2) is 0 Å². The van der Waals surface area contributed by atoms with Gasteiger partial charge in [-0.05, 0) is 0 Å². The molecule has 15 heteroatoms. The van der Waals surface area contributed by atoms with E-state index < -0.39 is 37.7 Å². The third-order valence-corrected chi connectivity index (χ3v) is 3.23. The van der Waals surface area contributed by atoms with Crippen LogP contribution in [-0.2, 0) is 18.4 Å². The van der Waals surface area contributed by atoms with E-state index in [9.17, 15) is 53.3 Å². The molecule has 0 aliphatic heterocycles. The number of halogens is 10. The van der Waals surface area contributed by atoms with E-state index in [2.05, 4.69) is 9.05 Å². The second-order valence-corrected chi connectivity index (χ2v) is 5.22. The molecule has 0 unspecified atom stereocenters. The van der Waals surface area contributed by atoms with Gasteiger partial charge >= 0.3 is 32.2 Å². The molecule has 0 aromatic heterocycles. The Bertz CT molecular complexity index is 419. The third-order valence-electron chi connectivity index (χ3n) is 1.52. The summed E-state index contributed by atoms with van der Waals surface area (Å²) in [4.78, 5) is 10.6. The van der Waals surface area contributed by atoms with Crippen molar-refractivity contribution in [1.82, 2.24) is 0 Å². The van der Waals surface area contributed by atoms with Crippen molar-refractivity contribution in [2.24, 2.45) is 0 Å². The van der Waals surface area contributed by atoms with Crippen LogP contribution in [-0.4, -0.2) is 30.1 Å². The van der Waals surface area contributed by atoms with Crippen molar-refractivity contribution in [2.75, 3.05) is 0 Å². The summed E-state index contributed by atoms with van der Waals surface area (Å²) in [6.45, 7) is -0.139. The van der Waals surface area contributed by atoms with E-state index in [0.717, 1.165) is 0 Å². The first-order valence-electron chi connectivity index (χ1n) is 4.27. The van der Waals surface area contributed by atoms with E-state index in [1.165, 1.54) is 0 Å². The van der Waals surface area contributed by atoms with Gasteiger partial charge in [0.1, 0.15) is 0 Å². The molecule has 0 amide bonds. The Morgan fingerprint density at radius 2 is 1.00 bits per heavy atom. The van der Waals surface area contributed by atoms with E-state index in [-0.39, 0.29) is 6.92 Å². The number of alkyl halides is 10. The molecular formula is C6H3F10O4P. The standard InChI is InChI=1S/C6H3F10O4P/c1-2(17)21(18,19-5(13,14)3(7,8)9)20-6(15,16)4(10,11)12/h1H3. The Morgan fingerprint density at radius 3 is 1.14 bits per heavy atom. The van der Waals surface area contributed by atoms with Crippen molar-refractivity contribution >= 4 is 13.1 Å². The van der Waals surface area contributed by atoms with Crippen LogP contribution in [0.3, 0.4) is 0 Å². The highest BCUT2D eigenvalue weighted by atomic mass is 31.2. The predicted molar refractivity (Wildman–Crippen MR) is 42.5 cm³/mol. The number of hydrogen-bond donors (Lipinski definition) is 0. The summed E-state index contributed by atoms with van der Waals surface area (Å²) in [5, 5.41) is 0. The van der Waals surface area contributed by atoms with Gasteiger partial charge < -0.3 is 0 Å². The van der Waals surface area contributed by atoms with Gasteiger partial charge in [0, 0.05) is 6.92 Å². The second kappa shape index (κ2) is 5.39. The molecule has 0 fully saturated rings. The molecule has 0 spiro atoms. The van der Waals surface area contributed by atoms with Crippen LogP contribution in [0.5, 0.6) is 0 Å². The molecule has 0 radical (unpaired) electrons. The van der Waals surface area contributed by atoms with Gasteiger partial charge in [-0.1, -0.05) is 0 Å². The van der Waals surface area contributed by atoms with Crippen molar-refractivity contribution in [3.05, 3.63) is 0 Å². The molecule has 0 heterocycles. The maximum atomic E-state index is 12.4. The van der Waals surface area contributed by atoms with Crippen LogP contribution in [0.15, 0.2) is 0 Å². The van der Waals surface area contributed by atoms with E-state index in [4.69, 9.17) is 0 Å². The quantitative estimate of drug-likeness (QED) is 0.548. The first-order valence-corrected chi connectivity index (χ1v) is 5.82. The minimum atomic E-state index is -6.81. The van der Waals surface area contributed by atoms with E-state index in [0.29, 0.717) is 0 Å². The van der Waals surface area contributed by atoms with E-state index in [1.807, 2.05) is 0 Å². The first-order chi connectivity index (χ1) is 8.86. The lowest BCUT2D eigenvalue weighted by Crippen LogP contribution is -2.42. The number of carbonyl (C=O) groups excluding carboxylic acids is 1. The molecule has 0 bridgehead atoms. The van der Waals surface area contributed by atoms with Crippen molar-refractivity contribution in [2.45, 2.75) is 31.5 Å². The van der Waals surface area contributed by atoms with Crippen LogP contribution in [0.4, 0.5) is 43.9 Å². The summed E-state index contributed by atoms with van der Waals surface area (Å²) in [6.07, 6.45) is -26.2. The highest BCUT2D eigenvalue weighted by Gasteiger charge is 2.68. The predicted octanol–water partition coefficient (Wildman–Crippen LogP) is 4.07. The maximum absolute atomic E-state index is 12.4. The molecule has 0 saturated carbocycles. The highest BCUT2D eigenvalue weighted by Crippen LogP contribution is 2.60. The van der Waals surface area contributed by atoms with Crippen LogP contribution in [0.2, 0.25) is 0 Å². The zero-order chi connectivity index (χ0) is 17.5. The third kappa shape index (κ3) is 4.54. The minimum Gasteiger partial charge on any atom is -0.286 e. The van der Waals surface area contributed by atoms with Gasteiger partial charge in [0.05, 0.1) is 0 Å². The maximum Gasteiger partial charge on any atom is 0.483 e. The molecule has 0 aromatic rings. The fourth-order valence-corrected chi connectivity index (χ4v) is 1.66. The van der Waals surface area contributed by atoms with Crippen LogP contribution in [0.25, 0.3) is 0 Å². The molecule has 21 heavy (non-hydrogen) atoms. The van der Waals surface area contributed by atoms with Gasteiger partial charge in [-0.2, -0.15) is 43.9 Å².